The van der Waals surface area contributed by atoms with Gasteiger partial charge in [-0.3, -0.25) is 9.59 Å². The van der Waals surface area contributed by atoms with Gasteiger partial charge in [0.05, 0.1) is 26.2 Å². The number of hydrogen-bond donors (Lipinski definition) is 2. The molecular weight excluding hydrogens is 298 g/mol. The normalized spacial score (nSPS) is 17.9. The highest BCUT2D eigenvalue weighted by molar-refractivity contribution is 5.95. The van der Waals surface area contributed by atoms with Crippen LogP contribution in [0.15, 0.2) is 24.3 Å². The van der Waals surface area contributed by atoms with Crippen LogP contribution in [0.2, 0.25) is 0 Å². The monoisotopic (exact) mass is 321 g/mol. The second-order valence-electron chi connectivity index (χ2n) is 5.31. The van der Waals surface area contributed by atoms with Crippen LogP contribution in [0.4, 0.5) is 5.69 Å². The number of anilines is 1. The predicted molar refractivity (Wildman–Crippen MR) is 86.5 cm³/mol. The molecule has 1 heterocycles. The number of amides is 2. The third kappa shape index (κ3) is 4.94. The van der Waals surface area contributed by atoms with Gasteiger partial charge in [-0.1, -0.05) is 0 Å². The molecule has 0 spiro atoms. The molecule has 1 saturated heterocycles. The van der Waals surface area contributed by atoms with Crippen LogP contribution in [0, 0.1) is 0 Å². The second kappa shape index (κ2) is 8.50. The Bertz CT molecular complexity index is 533. The fourth-order valence-corrected chi connectivity index (χ4v) is 2.45. The van der Waals surface area contributed by atoms with Crippen molar-refractivity contribution in [1.82, 2.24) is 10.2 Å². The number of carbonyl (C=O) groups excluding carboxylic acids is 2. The molecule has 7 heteroatoms. The van der Waals surface area contributed by atoms with Gasteiger partial charge in [-0.15, -0.1) is 0 Å². The van der Waals surface area contributed by atoms with Gasteiger partial charge in [0.25, 0.3) is 0 Å². The number of rotatable bonds is 7. The molecule has 2 rings (SSSR count). The lowest BCUT2D eigenvalue weighted by Crippen LogP contribution is -2.56. The molecule has 1 aromatic carbocycles. The minimum atomic E-state index is -0.487. The smallest absolute Gasteiger partial charge is 0.240 e. The summed E-state index contributed by atoms with van der Waals surface area (Å²) < 4.78 is 10.1. The van der Waals surface area contributed by atoms with Crippen molar-refractivity contribution in [2.75, 3.05) is 45.8 Å². The molecule has 1 unspecified atom stereocenters. The lowest BCUT2D eigenvalue weighted by atomic mass is 10.1. The van der Waals surface area contributed by atoms with Crippen LogP contribution in [0.25, 0.3) is 0 Å². The van der Waals surface area contributed by atoms with Crippen molar-refractivity contribution in [2.24, 2.45) is 0 Å². The maximum absolute atomic E-state index is 12.3. The first-order chi connectivity index (χ1) is 11.1. The molecule has 1 aromatic rings. The van der Waals surface area contributed by atoms with Gasteiger partial charge in [0.15, 0.2) is 0 Å². The number of nitrogens with zero attached hydrogens (tertiary/aromatic N) is 1. The Hall–Kier alpha value is -2.12. The summed E-state index contributed by atoms with van der Waals surface area (Å²) in [5.41, 5.74) is 0.676. The van der Waals surface area contributed by atoms with E-state index in [1.807, 2.05) is 0 Å². The highest BCUT2D eigenvalue weighted by Crippen LogP contribution is 2.15. The third-order valence-electron chi connectivity index (χ3n) is 3.71. The van der Waals surface area contributed by atoms with Gasteiger partial charge in [0.1, 0.15) is 5.75 Å². The molecule has 126 valence electrons. The van der Waals surface area contributed by atoms with Crippen molar-refractivity contribution in [2.45, 2.75) is 12.5 Å². The number of methoxy groups -OCH3 is 2. The first-order valence-electron chi connectivity index (χ1n) is 7.59. The Morgan fingerprint density at radius 3 is 2.74 bits per heavy atom. The maximum Gasteiger partial charge on any atom is 0.240 e. The average Bonchev–Trinajstić information content (AvgIpc) is 2.56. The van der Waals surface area contributed by atoms with Crippen LogP contribution in [-0.4, -0.2) is 63.2 Å². The number of ether oxygens (including phenoxy) is 2. The molecule has 0 aliphatic carbocycles. The first kappa shape index (κ1) is 17.2. The second-order valence-corrected chi connectivity index (χ2v) is 5.31. The third-order valence-corrected chi connectivity index (χ3v) is 3.71. The number of benzene rings is 1. The minimum absolute atomic E-state index is 0.0572. The number of hydrogen-bond acceptors (Lipinski definition) is 5. The largest absolute Gasteiger partial charge is 0.497 e. The van der Waals surface area contributed by atoms with Crippen LogP contribution in [0.1, 0.15) is 6.42 Å². The molecule has 7 nitrogen and oxygen atoms in total. The van der Waals surface area contributed by atoms with Crippen LogP contribution < -0.4 is 15.4 Å². The minimum Gasteiger partial charge on any atom is -0.497 e. The summed E-state index contributed by atoms with van der Waals surface area (Å²) in [5, 5.41) is 5.89. The van der Waals surface area contributed by atoms with Crippen LogP contribution >= 0.6 is 0 Å². The zero-order valence-corrected chi connectivity index (χ0v) is 13.5. The van der Waals surface area contributed by atoms with Crippen LogP contribution in [0.5, 0.6) is 5.75 Å². The molecule has 0 saturated carbocycles. The Morgan fingerprint density at radius 2 is 2.09 bits per heavy atom. The number of piperazine rings is 1. The van der Waals surface area contributed by atoms with Crippen molar-refractivity contribution < 1.29 is 19.1 Å². The van der Waals surface area contributed by atoms with Gasteiger partial charge in [-0.25, -0.2) is 0 Å². The first-order valence-corrected chi connectivity index (χ1v) is 7.59. The lowest BCUT2D eigenvalue weighted by molar-refractivity contribution is -0.138. The summed E-state index contributed by atoms with van der Waals surface area (Å²) in [7, 11) is 3.19. The summed E-state index contributed by atoms with van der Waals surface area (Å²) in [6, 6.07) is 6.58. The van der Waals surface area contributed by atoms with Crippen LogP contribution in [-0.2, 0) is 14.3 Å². The number of carbonyl (C=O) groups is 2. The van der Waals surface area contributed by atoms with E-state index in [0.717, 1.165) is 5.75 Å². The summed E-state index contributed by atoms with van der Waals surface area (Å²) in [5.74, 6) is 0.466. The summed E-state index contributed by atoms with van der Waals surface area (Å²) >= 11 is 0. The van der Waals surface area contributed by atoms with Gasteiger partial charge in [-0.2, -0.15) is 0 Å². The Morgan fingerprint density at radius 1 is 1.35 bits per heavy atom. The maximum atomic E-state index is 12.3. The SMILES string of the molecule is COCCN1CCNC(CC(=O)Nc2ccc(OC)cc2)C1=O. The number of nitrogens with one attached hydrogen (secondary N) is 2. The van der Waals surface area contributed by atoms with Crippen molar-refractivity contribution in [3.05, 3.63) is 24.3 Å². The van der Waals surface area contributed by atoms with E-state index in [1.54, 1.807) is 43.4 Å². The molecule has 0 radical (unpaired) electrons. The lowest BCUT2D eigenvalue weighted by Gasteiger charge is -2.32. The van der Waals surface area contributed by atoms with Crippen molar-refractivity contribution in [1.29, 1.82) is 0 Å². The van der Waals surface area contributed by atoms with Gasteiger partial charge in [0, 0.05) is 32.4 Å². The zero-order valence-electron chi connectivity index (χ0n) is 13.5. The molecule has 1 aliphatic rings. The van der Waals surface area contributed by atoms with Crippen molar-refractivity contribution in [3.63, 3.8) is 0 Å². The Labute approximate surface area is 135 Å². The molecular formula is C16H23N3O4. The topological polar surface area (TPSA) is 79.9 Å². The van der Waals surface area contributed by atoms with E-state index >= 15 is 0 Å². The van der Waals surface area contributed by atoms with E-state index in [-0.39, 0.29) is 18.2 Å². The van der Waals surface area contributed by atoms with Gasteiger partial charge in [-0.05, 0) is 24.3 Å². The van der Waals surface area contributed by atoms with Gasteiger partial charge >= 0.3 is 0 Å². The van der Waals surface area contributed by atoms with E-state index in [0.29, 0.717) is 31.9 Å². The molecule has 2 N–H and O–H groups in total. The fraction of sp³-hybridized carbons (Fsp3) is 0.500. The molecule has 1 fully saturated rings. The van der Waals surface area contributed by atoms with Gasteiger partial charge < -0.3 is 25.0 Å². The van der Waals surface area contributed by atoms with E-state index in [1.165, 1.54) is 0 Å². The Balaban J connectivity index is 1.87. The molecule has 0 aromatic heterocycles. The quantitative estimate of drug-likeness (QED) is 0.763. The molecule has 0 bridgehead atoms. The molecule has 1 aliphatic heterocycles. The summed E-state index contributed by atoms with van der Waals surface area (Å²) in [6.07, 6.45) is 0.106. The average molecular weight is 321 g/mol. The summed E-state index contributed by atoms with van der Waals surface area (Å²) in [4.78, 5) is 26.2. The highest BCUT2D eigenvalue weighted by Gasteiger charge is 2.29. The predicted octanol–water partition coefficient (Wildman–Crippen LogP) is 0.471. The van der Waals surface area contributed by atoms with E-state index in [9.17, 15) is 9.59 Å². The standard InChI is InChI=1S/C16H23N3O4/c1-22-10-9-19-8-7-17-14(16(19)21)11-15(20)18-12-3-5-13(23-2)6-4-12/h3-6,14,17H,7-11H2,1-2H3,(H,18,20). The van der Waals surface area contributed by atoms with Crippen LogP contribution in [0.3, 0.4) is 0 Å². The summed E-state index contributed by atoms with van der Waals surface area (Å²) in [6.45, 7) is 2.36. The Kier molecular flexibility index (Phi) is 6.37. The molecule has 23 heavy (non-hydrogen) atoms. The fourth-order valence-electron chi connectivity index (χ4n) is 2.45. The molecule has 2 amide bonds. The molecule has 1 atom stereocenters. The zero-order chi connectivity index (χ0) is 16.7. The highest BCUT2D eigenvalue weighted by atomic mass is 16.5. The van der Waals surface area contributed by atoms with Crippen molar-refractivity contribution >= 4 is 17.5 Å². The van der Waals surface area contributed by atoms with E-state index in [2.05, 4.69) is 10.6 Å². The van der Waals surface area contributed by atoms with E-state index < -0.39 is 6.04 Å². The van der Waals surface area contributed by atoms with E-state index in [4.69, 9.17) is 9.47 Å². The van der Waals surface area contributed by atoms with Crippen molar-refractivity contribution in [3.8, 4) is 5.75 Å². The van der Waals surface area contributed by atoms with Gasteiger partial charge in [0.2, 0.25) is 11.8 Å².